The Labute approximate surface area is 327 Å². The van der Waals surface area contributed by atoms with Gasteiger partial charge in [-0.1, -0.05) is 74.1 Å². The van der Waals surface area contributed by atoms with Gasteiger partial charge in [-0.2, -0.15) is 35.8 Å². The number of aromatic amines is 1. The van der Waals surface area contributed by atoms with Crippen LogP contribution in [0, 0.1) is 20.2 Å². The fourth-order valence-electron chi connectivity index (χ4n) is 2.59. The Morgan fingerprint density at radius 3 is 1.41 bits per heavy atom. The van der Waals surface area contributed by atoms with Crippen molar-refractivity contribution in [1.82, 2.24) is 60.4 Å². The Balaban J connectivity index is 0.000000640. The van der Waals surface area contributed by atoms with Gasteiger partial charge in [0.2, 0.25) is 0 Å². The monoisotopic (exact) mass is 931 g/mol. The molecular weight excluding hydrogens is 906 g/mol. The Morgan fingerprint density at radius 2 is 1.08 bits per heavy atom. The number of nitrogens with two attached hydrogens (primary N) is 1. The Morgan fingerprint density at radius 1 is 0.706 bits per heavy atom. The maximum absolute atomic E-state index is 10.4. The molecule has 0 spiro atoms. The van der Waals surface area contributed by atoms with Crippen LogP contribution in [0.15, 0.2) is 74.0 Å². The number of rotatable bonds is 4. The van der Waals surface area contributed by atoms with Crippen LogP contribution in [0.2, 0.25) is 20.2 Å². The number of H-pyrrole nitrogens is 1. The fourth-order valence-corrected chi connectivity index (χ4v) is 3.34. The second-order valence-electron chi connectivity index (χ2n) is 8.13. The molecule has 272 valence electrons. The van der Waals surface area contributed by atoms with Crippen LogP contribution >= 0.6 is 64.2 Å². The summed E-state index contributed by atoms with van der Waals surface area (Å²) >= 11 is 21.7. The van der Waals surface area contributed by atoms with Gasteiger partial charge >= 0.3 is 36.7 Å². The summed E-state index contributed by atoms with van der Waals surface area (Å²) in [4.78, 5) is 33.2. The van der Waals surface area contributed by atoms with Gasteiger partial charge in [-0.05, 0) is 6.07 Å². The molecular formula is C25H27Cl6N15O4Sn. The number of pyridine rings is 3. The van der Waals surface area contributed by atoms with E-state index in [-0.39, 0.29) is 39.8 Å². The zero-order valence-electron chi connectivity index (χ0n) is 25.4. The van der Waals surface area contributed by atoms with Crippen molar-refractivity contribution in [2.45, 2.75) is 27.7 Å². The number of aromatic nitrogens is 12. The Kier molecular flexibility index (Phi) is 24.7. The third-order valence-corrected chi connectivity index (χ3v) is 5.64. The largest absolute Gasteiger partial charge is 0.198 e. The van der Waals surface area contributed by atoms with Gasteiger partial charge in [0.1, 0.15) is 17.5 Å². The zero-order valence-corrected chi connectivity index (χ0v) is 32.8. The van der Waals surface area contributed by atoms with Crippen molar-refractivity contribution in [3.05, 3.63) is 114 Å². The summed E-state index contributed by atoms with van der Waals surface area (Å²) in [7, 11) is 9.87. The van der Waals surface area contributed by atoms with Crippen LogP contribution in [-0.2, 0) is 0 Å². The number of nitrogens with zero attached hydrogens (tertiary/aromatic N) is 13. The van der Waals surface area contributed by atoms with Gasteiger partial charge < -0.3 is 5.73 Å². The maximum atomic E-state index is 10.4. The van der Waals surface area contributed by atoms with Crippen molar-refractivity contribution in [1.29, 1.82) is 0 Å². The van der Waals surface area contributed by atoms with Crippen LogP contribution in [0.4, 0.5) is 17.1 Å². The second-order valence-corrected chi connectivity index (χ2v) is 13.9. The van der Waals surface area contributed by atoms with Crippen LogP contribution in [0.5, 0.6) is 0 Å². The molecule has 0 aliphatic heterocycles. The summed E-state index contributed by atoms with van der Waals surface area (Å²) in [6.07, 6.45) is 14.1. The standard InChI is InChI=1S/C7H4ClN5O2.C7H6ClN5.C5H2Cl2N2O2.C3H8.C2H3N3.CH4.2ClH.Sn/c8-6-3-5(13(14)15)4-9-7(6)12-10-1-2-11-12;8-6-3-5(9)4-10-7(6)13-11-1-2-12-13;6-4-1-3(9(10)11)2-8-5(4)7;1-3-2;1-2-4-5-3-1;;;;/h1-4H;1-4H,9H2;1-2H;3H2,1-2H3;1-2H,(H,3,4,5);1H4;2*1H;/q;;;;;;;;+2/p-2. The van der Waals surface area contributed by atoms with Crippen molar-refractivity contribution in [2.75, 3.05) is 5.73 Å². The van der Waals surface area contributed by atoms with Gasteiger partial charge in [-0.15, -0.1) is 9.59 Å². The summed E-state index contributed by atoms with van der Waals surface area (Å²) in [5, 5.41) is 46.0. The molecule has 0 atom stereocenters. The van der Waals surface area contributed by atoms with Crippen LogP contribution in [0.25, 0.3) is 11.6 Å². The molecule has 0 amide bonds. The molecule has 2 radical (unpaired) electrons. The van der Waals surface area contributed by atoms with E-state index in [1.807, 2.05) is 0 Å². The molecule has 0 fully saturated rings. The van der Waals surface area contributed by atoms with Gasteiger partial charge in [0.15, 0.2) is 11.6 Å². The van der Waals surface area contributed by atoms with Crippen LogP contribution in [0.1, 0.15) is 27.7 Å². The van der Waals surface area contributed by atoms with Gasteiger partial charge in [0.25, 0.3) is 11.4 Å². The number of hydrogen-bond acceptors (Lipinski definition) is 14. The van der Waals surface area contributed by atoms with E-state index in [2.05, 4.69) is 64.6 Å². The molecule has 19 nitrogen and oxygen atoms in total. The van der Waals surface area contributed by atoms with Crippen molar-refractivity contribution >= 4 is 100 Å². The number of nitro groups is 2. The molecule has 0 aromatic carbocycles. The van der Waals surface area contributed by atoms with E-state index in [0.29, 0.717) is 16.5 Å². The molecule has 0 unspecified atom stereocenters. The normalized spacial score (nSPS) is 9.18. The van der Waals surface area contributed by atoms with Crippen molar-refractivity contribution in [3.63, 3.8) is 0 Å². The third-order valence-electron chi connectivity index (χ3n) is 4.40. The molecule has 51 heavy (non-hydrogen) atoms. The van der Waals surface area contributed by atoms with Crippen molar-refractivity contribution in [2.24, 2.45) is 0 Å². The molecule has 3 N–H and O–H groups in total. The first-order chi connectivity index (χ1) is 23.9. The first-order valence-electron chi connectivity index (χ1n) is 13.1. The molecule has 0 bridgehead atoms. The number of anilines is 1. The number of hydrogen-bond donors (Lipinski definition) is 2. The molecule has 6 aromatic rings. The zero-order chi connectivity index (χ0) is 37.5. The number of halogens is 6. The molecule has 0 saturated heterocycles. The Bertz CT molecular complexity index is 1820. The molecule has 6 heterocycles. The van der Waals surface area contributed by atoms with Gasteiger partial charge in [0.05, 0.1) is 74.0 Å². The van der Waals surface area contributed by atoms with Crippen molar-refractivity contribution < 1.29 is 9.85 Å². The van der Waals surface area contributed by atoms with E-state index in [1.54, 1.807) is 30.9 Å². The summed E-state index contributed by atoms with van der Waals surface area (Å²) < 4.78 is 0. The van der Waals surface area contributed by atoms with E-state index in [1.165, 1.54) is 40.7 Å². The first kappa shape index (κ1) is 47.0. The average Bonchev–Trinajstić information content (AvgIpc) is 3.90. The number of nitrogen functional groups attached to an aromatic ring is 1. The molecule has 26 heteroatoms. The van der Waals surface area contributed by atoms with E-state index in [0.717, 1.165) is 18.5 Å². The van der Waals surface area contributed by atoms with Gasteiger partial charge in [0, 0.05) is 12.1 Å². The van der Waals surface area contributed by atoms with E-state index in [9.17, 15) is 20.2 Å². The molecule has 0 saturated carbocycles. The summed E-state index contributed by atoms with van der Waals surface area (Å²) in [5.74, 6) is 0.730. The van der Waals surface area contributed by atoms with Gasteiger partial charge in [-0.25, -0.2) is 15.0 Å². The van der Waals surface area contributed by atoms with Gasteiger partial charge in [-0.3, -0.25) is 20.2 Å². The molecule has 0 aliphatic carbocycles. The quantitative estimate of drug-likeness (QED) is 0.0763. The minimum absolute atomic E-state index is 0. The smallest absolute Gasteiger partial charge is 0.0690 e. The van der Waals surface area contributed by atoms with Crippen molar-refractivity contribution in [3.8, 4) is 11.6 Å². The summed E-state index contributed by atoms with van der Waals surface area (Å²) in [5.41, 5.74) is 5.66. The summed E-state index contributed by atoms with van der Waals surface area (Å²) in [6, 6.07) is 3.96. The van der Waals surface area contributed by atoms with Crippen LogP contribution in [0.3, 0.4) is 0 Å². The fraction of sp³-hybridized carbons (Fsp3) is 0.160. The summed E-state index contributed by atoms with van der Waals surface area (Å²) in [6.45, 7) is 4.25. The third kappa shape index (κ3) is 18.2. The number of nitrogens with one attached hydrogen (secondary N) is 1. The minimum Gasteiger partial charge on any atom is -0.198 e. The minimum atomic E-state index is -0.826. The second kappa shape index (κ2) is 26.8. The molecule has 6 aromatic heterocycles. The molecule has 6 rings (SSSR count). The van der Waals surface area contributed by atoms with E-state index < -0.39 is 28.7 Å². The van der Waals surface area contributed by atoms with Crippen LogP contribution in [-0.4, -0.2) is 89.1 Å². The molecule has 0 aliphatic rings. The Hall–Kier alpha value is -3.99. The van der Waals surface area contributed by atoms with E-state index >= 15 is 0 Å². The topological polar surface area (TPSA) is 254 Å². The predicted molar refractivity (Wildman–Crippen MR) is 197 cm³/mol. The SMILES string of the molecule is C.CCC.Nc1cnc(-n2nccn2)c(Cl)c1.O=[N+]([O-])c1cnc(-n2nccn2)c(Cl)c1.O=[N+]([O-])c1cnc(Cl)c(Cl)c1.[Cl][Sn][Cl].c1cn[nH]n1. The predicted octanol–water partition coefficient (Wildman–Crippen LogP) is 7.27. The first-order valence-corrected chi connectivity index (χ1v) is 21.8. The average molecular weight is 933 g/mol. The van der Waals surface area contributed by atoms with E-state index in [4.69, 9.17) is 70.0 Å². The van der Waals surface area contributed by atoms with Crippen LogP contribution < -0.4 is 5.73 Å². The maximum Gasteiger partial charge on any atom is 0.0690 e.